The van der Waals surface area contributed by atoms with Crippen LogP contribution in [0.3, 0.4) is 0 Å². The fourth-order valence-corrected chi connectivity index (χ4v) is 0.596. The summed E-state index contributed by atoms with van der Waals surface area (Å²) in [7, 11) is 0. The summed E-state index contributed by atoms with van der Waals surface area (Å²) >= 11 is 0. The molecule has 0 rings (SSSR count). The first-order chi connectivity index (χ1) is 5.16. The summed E-state index contributed by atoms with van der Waals surface area (Å²) in [5, 5.41) is 0. The summed E-state index contributed by atoms with van der Waals surface area (Å²) in [5.41, 5.74) is 0. The number of hydrogen-bond donors (Lipinski definition) is 1. The monoisotopic (exact) mass is 161 g/mol. The maximum Gasteiger partial charge on any atom is 0.306 e. The molecule has 66 valence electrons. The fraction of sp³-hybridized carbons (Fsp3) is 0.857. The number of nitrogens with two attached hydrogens (primary N) is 1. The van der Waals surface area contributed by atoms with Crippen molar-refractivity contribution in [2.24, 2.45) is 11.8 Å². The molecular weight excluding hydrogens is 146 g/mol. The van der Waals surface area contributed by atoms with Gasteiger partial charge in [0, 0.05) is 6.42 Å². The zero-order chi connectivity index (χ0) is 8.69. The molecule has 0 heterocycles. The van der Waals surface area contributed by atoms with Crippen LogP contribution in [0.25, 0.3) is 0 Å². The molecule has 0 unspecified atom stereocenters. The lowest BCUT2D eigenvalue weighted by Gasteiger charge is -2.04. The fourth-order valence-electron chi connectivity index (χ4n) is 0.596. The van der Waals surface area contributed by atoms with E-state index in [9.17, 15) is 4.79 Å². The smallest absolute Gasteiger partial charge is 0.306 e. The number of carbonyl (C=O) groups excluding carboxylic acids is 1. The Morgan fingerprint density at radius 1 is 1.45 bits per heavy atom. The molecule has 0 aromatic carbocycles. The third kappa shape index (κ3) is 7.29. The summed E-state index contributed by atoms with van der Waals surface area (Å²) in [6.45, 7) is 4.41. The minimum Gasteiger partial charge on any atom is -0.463 e. The van der Waals surface area contributed by atoms with Gasteiger partial charge in [-0.05, 0) is 5.92 Å². The lowest BCUT2D eigenvalue weighted by molar-refractivity contribution is -0.146. The maximum absolute atomic E-state index is 10.8. The SMILES string of the molecule is CC(C)CC(=O)OCCON. The van der Waals surface area contributed by atoms with Gasteiger partial charge in [0.1, 0.15) is 13.2 Å². The second-order valence-electron chi connectivity index (χ2n) is 2.69. The quantitative estimate of drug-likeness (QED) is 0.361. The van der Waals surface area contributed by atoms with Gasteiger partial charge in [-0.15, -0.1) is 0 Å². The van der Waals surface area contributed by atoms with E-state index >= 15 is 0 Å². The van der Waals surface area contributed by atoms with E-state index in [-0.39, 0.29) is 19.2 Å². The largest absolute Gasteiger partial charge is 0.463 e. The van der Waals surface area contributed by atoms with Crippen molar-refractivity contribution in [1.82, 2.24) is 0 Å². The highest BCUT2D eigenvalue weighted by molar-refractivity contribution is 5.69. The molecule has 2 N–H and O–H groups in total. The van der Waals surface area contributed by atoms with E-state index in [1.807, 2.05) is 13.8 Å². The van der Waals surface area contributed by atoms with E-state index in [2.05, 4.69) is 4.84 Å². The normalized spacial score (nSPS) is 10.2. The Hall–Kier alpha value is -0.610. The predicted octanol–water partition coefficient (Wildman–Crippen LogP) is 0.466. The van der Waals surface area contributed by atoms with E-state index in [0.717, 1.165) is 0 Å². The zero-order valence-corrected chi connectivity index (χ0v) is 7.00. The molecule has 0 aliphatic heterocycles. The van der Waals surface area contributed by atoms with Crippen LogP contribution in [0, 0.1) is 5.92 Å². The minimum absolute atomic E-state index is 0.197. The summed E-state index contributed by atoms with van der Waals surface area (Å²) in [4.78, 5) is 15.0. The molecule has 0 spiro atoms. The Morgan fingerprint density at radius 2 is 2.09 bits per heavy atom. The zero-order valence-electron chi connectivity index (χ0n) is 7.00. The van der Waals surface area contributed by atoms with Crippen molar-refractivity contribution in [1.29, 1.82) is 0 Å². The molecular formula is C7H15NO3. The summed E-state index contributed by atoms with van der Waals surface area (Å²) in [6, 6.07) is 0. The van der Waals surface area contributed by atoms with Crippen molar-refractivity contribution < 1.29 is 14.4 Å². The molecule has 0 aromatic heterocycles. The summed E-state index contributed by atoms with van der Waals surface area (Å²) in [5.74, 6) is 4.86. The van der Waals surface area contributed by atoms with E-state index < -0.39 is 0 Å². The van der Waals surface area contributed by atoms with E-state index in [1.165, 1.54) is 0 Å². The van der Waals surface area contributed by atoms with Crippen molar-refractivity contribution in [2.45, 2.75) is 20.3 Å². The number of ether oxygens (including phenoxy) is 1. The van der Waals surface area contributed by atoms with Crippen molar-refractivity contribution in [3.63, 3.8) is 0 Å². The van der Waals surface area contributed by atoms with Crippen LogP contribution in [0.15, 0.2) is 0 Å². The molecule has 4 nitrogen and oxygen atoms in total. The van der Waals surface area contributed by atoms with Crippen molar-refractivity contribution >= 4 is 5.97 Å². The third-order valence-corrected chi connectivity index (χ3v) is 1.04. The second kappa shape index (κ2) is 6.12. The van der Waals surface area contributed by atoms with Gasteiger partial charge in [0.15, 0.2) is 0 Å². The molecule has 0 saturated heterocycles. The second-order valence-corrected chi connectivity index (χ2v) is 2.69. The van der Waals surface area contributed by atoms with Crippen LogP contribution in [0.1, 0.15) is 20.3 Å². The first kappa shape index (κ1) is 10.4. The van der Waals surface area contributed by atoms with Crippen molar-refractivity contribution in [3.05, 3.63) is 0 Å². The molecule has 0 saturated carbocycles. The molecule has 11 heavy (non-hydrogen) atoms. The van der Waals surface area contributed by atoms with Crippen molar-refractivity contribution in [2.75, 3.05) is 13.2 Å². The molecule has 0 fully saturated rings. The number of rotatable bonds is 5. The van der Waals surface area contributed by atoms with Crippen molar-refractivity contribution in [3.8, 4) is 0 Å². The van der Waals surface area contributed by atoms with E-state index in [0.29, 0.717) is 12.3 Å². The summed E-state index contributed by atoms with van der Waals surface area (Å²) in [6.07, 6.45) is 0.449. The Morgan fingerprint density at radius 3 is 2.55 bits per heavy atom. The highest BCUT2D eigenvalue weighted by Gasteiger charge is 2.04. The van der Waals surface area contributed by atoms with Crippen LogP contribution >= 0.6 is 0 Å². The van der Waals surface area contributed by atoms with Crippen LogP contribution < -0.4 is 5.90 Å². The molecule has 0 aliphatic rings. The molecule has 0 radical (unpaired) electrons. The number of esters is 1. The standard InChI is InChI=1S/C7H15NO3/c1-6(2)5-7(9)10-3-4-11-8/h6H,3-5,8H2,1-2H3. The van der Waals surface area contributed by atoms with Gasteiger partial charge >= 0.3 is 5.97 Å². The maximum atomic E-state index is 10.8. The van der Waals surface area contributed by atoms with Crippen LogP contribution in [-0.2, 0) is 14.4 Å². The van der Waals surface area contributed by atoms with Gasteiger partial charge in [-0.3, -0.25) is 4.79 Å². The minimum atomic E-state index is -0.197. The molecule has 0 aromatic rings. The van der Waals surface area contributed by atoms with Crippen LogP contribution in [0.4, 0.5) is 0 Å². The Labute approximate surface area is 66.6 Å². The van der Waals surface area contributed by atoms with Crippen LogP contribution in [0.5, 0.6) is 0 Å². The van der Waals surface area contributed by atoms with Gasteiger partial charge in [-0.2, -0.15) is 0 Å². The van der Waals surface area contributed by atoms with Gasteiger partial charge in [0.2, 0.25) is 0 Å². The first-order valence-electron chi connectivity index (χ1n) is 3.64. The molecule has 0 aliphatic carbocycles. The van der Waals surface area contributed by atoms with Gasteiger partial charge < -0.3 is 9.57 Å². The topological polar surface area (TPSA) is 61.5 Å². The first-order valence-corrected chi connectivity index (χ1v) is 3.64. The van der Waals surface area contributed by atoms with Gasteiger partial charge in [0.05, 0.1) is 0 Å². The van der Waals surface area contributed by atoms with E-state index in [1.54, 1.807) is 0 Å². The van der Waals surface area contributed by atoms with Gasteiger partial charge in [0.25, 0.3) is 0 Å². The van der Waals surface area contributed by atoms with E-state index in [4.69, 9.17) is 10.6 Å². The average molecular weight is 161 g/mol. The highest BCUT2D eigenvalue weighted by Crippen LogP contribution is 2.00. The molecule has 0 bridgehead atoms. The Balaban J connectivity index is 3.23. The summed E-state index contributed by atoms with van der Waals surface area (Å²) < 4.78 is 4.75. The highest BCUT2D eigenvalue weighted by atomic mass is 16.6. The predicted molar refractivity (Wildman–Crippen MR) is 40.6 cm³/mol. The average Bonchev–Trinajstić information content (AvgIpc) is 1.86. The molecule has 4 heteroatoms. The lowest BCUT2D eigenvalue weighted by Crippen LogP contribution is -2.13. The third-order valence-electron chi connectivity index (χ3n) is 1.04. The lowest BCUT2D eigenvalue weighted by atomic mass is 10.1. The van der Waals surface area contributed by atoms with Gasteiger partial charge in [-0.1, -0.05) is 13.8 Å². The molecule has 0 atom stereocenters. The van der Waals surface area contributed by atoms with Crippen LogP contribution in [-0.4, -0.2) is 19.2 Å². The molecule has 0 amide bonds. The van der Waals surface area contributed by atoms with Gasteiger partial charge in [-0.25, -0.2) is 5.90 Å². The Kier molecular flexibility index (Phi) is 5.78. The number of hydrogen-bond acceptors (Lipinski definition) is 4. The van der Waals surface area contributed by atoms with Crippen LogP contribution in [0.2, 0.25) is 0 Å². The Bertz CT molecular complexity index is 114. The number of carbonyl (C=O) groups is 1.